The third-order valence-corrected chi connectivity index (χ3v) is 5.18. The molecule has 1 aromatic carbocycles. The van der Waals surface area contributed by atoms with Gasteiger partial charge in [-0.15, -0.1) is 0 Å². The highest BCUT2D eigenvalue weighted by molar-refractivity contribution is 5.73. The van der Waals surface area contributed by atoms with Crippen molar-refractivity contribution in [1.29, 1.82) is 0 Å². The summed E-state index contributed by atoms with van der Waals surface area (Å²) in [5, 5.41) is 0. The van der Waals surface area contributed by atoms with Gasteiger partial charge in [0.15, 0.2) is 5.60 Å². The van der Waals surface area contributed by atoms with Crippen LogP contribution in [0.3, 0.4) is 0 Å². The number of nitrogens with zero attached hydrogens (tertiary/aromatic N) is 1. The highest BCUT2D eigenvalue weighted by Gasteiger charge is 2.64. The first-order chi connectivity index (χ1) is 9.52. The predicted octanol–water partition coefficient (Wildman–Crippen LogP) is 3.93. The summed E-state index contributed by atoms with van der Waals surface area (Å²) in [5.74, 6) is 0.238. The molecule has 0 aromatic heterocycles. The van der Waals surface area contributed by atoms with Gasteiger partial charge in [-0.25, -0.2) is 4.79 Å². The first-order valence-electron chi connectivity index (χ1n) is 7.58. The average molecular weight is 273 g/mol. The van der Waals surface area contributed by atoms with Gasteiger partial charge in [-0.1, -0.05) is 44.2 Å². The van der Waals surface area contributed by atoms with Crippen LogP contribution in [0.25, 0.3) is 0 Å². The summed E-state index contributed by atoms with van der Waals surface area (Å²) in [6, 6.07) is 10.3. The zero-order valence-electron chi connectivity index (χ0n) is 12.6. The Morgan fingerprint density at radius 3 is 2.55 bits per heavy atom. The number of carbonyl (C=O) groups is 1. The highest BCUT2D eigenvalue weighted by Crippen LogP contribution is 2.54. The summed E-state index contributed by atoms with van der Waals surface area (Å²) >= 11 is 0. The molecule has 2 saturated heterocycles. The number of rotatable bonds is 2. The summed E-state index contributed by atoms with van der Waals surface area (Å²) in [6.07, 6.45) is 3.09. The summed E-state index contributed by atoms with van der Waals surface area (Å²) < 4.78 is 6.03. The van der Waals surface area contributed by atoms with Gasteiger partial charge in [-0.3, -0.25) is 4.90 Å². The molecule has 2 fully saturated rings. The van der Waals surface area contributed by atoms with E-state index in [2.05, 4.69) is 32.9 Å². The van der Waals surface area contributed by atoms with Crippen LogP contribution < -0.4 is 0 Å². The van der Waals surface area contributed by atoms with Crippen LogP contribution in [0.4, 0.5) is 4.79 Å². The lowest BCUT2D eigenvalue weighted by Crippen LogP contribution is -2.58. The lowest BCUT2D eigenvalue weighted by atomic mass is 9.66. The third kappa shape index (κ3) is 1.55. The third-order valence-electron chi connectivity index (χ3n) is 5.18. The van der Waals surface area contributed by atoms with E-state index in [1.54, 1.807) is 0 Å². The zero-order valence-corrected chi connectivity index (χ0v) is 12.6. The molecule has 0 spiro atoms. The molecule has 1 amide bonds. The largest absolute Gasteiger partial charge is 0.435 e. The Kier molecular flexibility index (Phi) is 3.03. The molecule has 0 N–H and O–H groups in total. The second kappa shape index (κ2) is 4.51. The van der Waals surface area contributed by atoms with Crippen molar-refractivity contribution in [2.24, 2.45) is 5.92 Å². The standard InChI is InChI=1S/C17H23NO2/c1-13(2)17(14-9-5-4-6-10-14)16(3)11-7-8-12-18(16)15(19)20-17/h4-6,9-10,13H,7-8,11-12H2,1-3H3/t16?,17-/m0/s1. The van der Waals surface area contributed by atoms with Gasteiger partial charge in [0.25, 0.3) is 0 Å². The Morgan fingerprint density at radius 2 is 1.90 bits per heavy atom. The van der Waals surface area contributed by atoms with Gasteiger partial charge in [-0.2, -0.15) is 0 Å². The summed E-state index contributed by atoms with van der Waals surface area (Å²) in [5.41, 5.74) is 0.346. The van der Waals surface area contributed by atoms with Gasteiger partial charge in [0.05, 0.1) is 5.54 Å². The molecule has 2 heterocycles. The molecule has 3 heteroatoms. The summed E-state index contributed by atoms with van der Waals surface area (Å²) in [7, 11) is 0. The topological polar surface area (TPSA) is 29.5 Å². The van der Waals surface area contributed by atoms with Crippen LogP contribution in [-0.4, -0.2) is 23.1 Å². The van der Waals surface area contributed by atoms with E-state index in [9.17, 15) is 4.79 Å². The number of fused-ring (bicyclic) bond motifs is 1. The van der Waals surface area contributed by atoms with Crippen molar-refractivity contribution in [2.75, 3.05) is 6.54 Å². The minimum absolute atomic E-state index is 0.148. The second-order valence-corrected chi connectivity index (χ2v) is 6.51. The van der Waals surface area contributed by atoms with Gasteiger partial charge >= 0.3 is 6.09 Å². The quantitative estimate of drug-likeness (QED) is 0.817. The molecular formula is C17H23NO2. The van der Waals surface area contributed by atoms with E-state index in [0.717, 1.165) is 31.4 Å². The number of hydrogen-bond acceptors (Lipinski definition) is 2. The van der Waals surface area contributed by atoms with Gasteiger partial charge in [0.1, 0.15) is 0 Å². The Balaban J connectivity index is 2.18. The molecular weight excluding hydrogens is 250 g/mol. The molecule has 3 rings (SSSR count). The molecule has 20 heavy (non-hydrogen) atoms. The van der Waals surface area contributed by atoms with E-state index >= 15 is 0 Å². The minimum atomic E-state index is -0.536. The van der Waals surface area contributed by atoms with Crippen LogP contribution in [0.15, 0.2) is 30.3 Å². The van der Waals surface area contributed by atoms with Crippen molar-refractivity contribution in [3.8, 4) is 0 Å². The second-order valence-electron chi connectivity index (χ2n) is 6.51. The van der Waals surface area contributed by atoms with E-state index in [0.29, 0.717) is 0 Å². The molecule has 1 unspecified atom stereocenters. The van der Waals surface area contributed by atoms with Crippen LogP contribution in [0, 0.1) is 5.92 Å². The van der Waals surface area contributed by atoms with Crippen molar-refractivity contribution in [2.45, 2.75) is 51.2 Å². The van der Waals surface area contributed by atoms with Gasteiger partial charge in [0.2, 0.25) is 0 Å². The lowest BCUT2D eigenvalue weighted by molar-refractivity contribution is -0.0635. The molecule has 2 aliphatic heterocycles. The van der Waals surface area contributed by atoms with Crippen LogP contribution in [0.5, 0.6) is 0 Å². The lowest BCUT2D eigenvalue weighted by Gasteiger charge is -2.48. The maximum atomic E-state index is 12.4. The van der Waals surface area contributed by atoms with Gasteiger partial charge < -0.3 is 4.74 Å². The summed E-state index contributed by atoms with van der Waals surface area (Å²) in [6.45, 7) is 7.33. The number of cyclic esters (lactones) is 1. The van der Waals surface area contributed by atoms with Crippen molar-refractivity contribution in [3.05, 3.63) is 35.9 Å². The average Bonchev–Trinajstić information content (AvgIpc) is 2.69. The molecule has 0 aliphatic carbocycles. The number of carbonyl (C=O) groups excluding carboxylic acids is 1. The fourth-order valence-electron chi connectivity index (χ4n) is 4.23. The van der Waals surface area contributed by atoms with E-state index in [-0.39, 0.29) is 17.6 Å². The van der Waals surface area contributed by atoms with Crippen LogP contribution >= 0.6 is 0 Å². The molecule has 2 aliphatic rings. The van der Waals surface area contributed by atoms with E-state index in [1.165, 1.54) is 0 Å². The fourth-order valence-corrected chi connectivity index (χ4v) is 4.23. The van der Waals surface area contributed by atoms with Crippen LogP contribution in [0.1, 0.15) is 45.6 Å². The van der Waals surface area contributed by atoms with Crippen molar-refractivity contribution in [3.63, 3.8) is 0 Å². The maximum absolute atomic E-state index is 12.4. The first-order valence-corrected chi connectivity index (χ1v) is 7.58. The summed E-state index contributed by atoms with van der Waals surface area (Å²) in [4.78, 5) is 14.4. The molecule has 1 aromatic rings. The monoisotopic (exact) mass is 273 g/mol. The molecule has 0 radical (unpaired) electrons. The van der Waals surface area contributed by atoms with Crippen molar-refractivity contribution >= 4 is 6.09 Å². The Bertz CT molecular complexity index is 513. The smallest absolute Gasteiger partial charge is 0.411 e. The number of hydrogen-bond donors (Lipinski definition) is 0. The van der Waals surface area contributed by atoms with E-state index < -0.39 is 5.60 Å². The zero-order chi connectivity index (χ0) is 14.4. The van der Waals surface area contributed by atoms with Crippen molar-refractivity contribution in [1.82, 2.24) is 4.90 Å². The minimum Gasteiger partial charge on any atom is -0.435 e. The number of benzene rings is 1. The van der Waals surface area contributed by atoms with Gasteiger partial charge in [0, 0.05) is 6.54 Å². The highest BCUT2D eigenvalue weighted by atomic mass is 16.6. The number of amides is 1. The normalized spacial score (nSPS) is 33.2. The maximum Gasteiger partial charge on any atom is 0.411 e. The first kappa shape index (κ1) is 13.5. The fraction of sp³-hybridized carbons (Fsp3) is 0.588. The molecule has 2 atom stereocenters. The molecule has 108 valence electrons. The number of piperidine rings is 1. The molecule has 0 bridgehead atoms. The number of ether oxygens (including phenoxy) is 1. The molecule has 0 saturated carbocycles. The van der Waals surface area contributed by atoms with E-state index in [1.807, 2.05) is 23.1 Å². The van der Waals surface area contributed by atoms with Crippen molar-refractivity contribution < 1.29 is 9.53 Å². The SMILES string of the molecule is CC(C)[C@@]1(c2ccccc2)OC(=O)N2CCCCC21C. The van der Waals surface area contributed by atoms with Crippen LogP contribution in [-0.2, 0) is 10.3 Å². The Labute approximate surface area is 120 Å². The Hall–Kier alpha value is -1.51. The van der Waals surface area contributed by atoms with Gasteiger partial charge in [-0.05, 0) is 37.7 Å². The van der Waals surface area contributed by atoms with Crippen LogP contribution in [0.2, 0.25) is 0 Å². The Morgan fingerprint density at radius 1 is 1.20 bits per heavy atom. The van der Waals surface area contributed by atoms with E-state index in [4.69, 9.17) is 4.74 Å². The molecule has 3 nitrogen and oxygen atoms in total. The predicted molar refractivity (Wildman–Crippen MR) is 78.4 cm³/mol.